The molecular formula is C15H24O4. The van der Waals surface area contributed by atoms with Gasteiger partial charge < -0.3 is 19.3 Å². The van der Waals surface area contributed by atoms with Crippen molar-refractivity contribution in [1.29, 1.82) is 0 Å². The Labute approximate surface area is 116 Å². The molecule has 1 unspecified atom stereocenters. The Morgan fingerprint density at radius 1 is 0.947 bits per heavy atom. The van der Waals surface area contributed by atoms with Crippen LogP contribution in [0.2, 0.25) is 0 Å². The maximum atomic E-state index is 9.63. The van der Waals surface area contributed by atoms with Crippen molar-refractivity contribution in [3.05, 3.63) is 0 Å². The smallest absolute Gasteiger partial charge is 0.353 e. The van der Waals surface area contributed by atoms with Crippen molar-refractivity contribution in [1.82, 2.24) is 0 Å². The van der Waals surface area contributed by atoms with Gasteiger partial charge in [0.05, 0.1) is 19.8 Å². The average molecular weight is 268 g/mol. The molecule has 0 aromatic rings. The molecule has 0 fully saturated rings. The molecule has 1 N–H and O–H groups in total. The van der Waals surface area contributed by atoms with E-state index in [1.165, 1.54) is 0 Å². The Balaban J connectivity index is 4.84. The normalized spacial score (nSPS) is 12.1. The van der Waals surface area contributed by atoms with Crippen LogP contribution in [0.25, 0.3) is 0 Å². The third-order valence-electron chi connectivity index (χ3n) is 1.98. The lowest BCUT2D eigenvalue weighted by Gasteiger charge is -2.26. The average Bonchev–Trinajstić information content (AvgIpc) is 2.38. The number of unbranched alkanes of at least 4 members (excludes halogenated alkanes) is 1. The molecule has 0 aromatic carbocycles. The summed E-state index contributed by atoms with van der Waals surface area (Å²) in [6, 6.07) is 0. The van der Waals surface area contributed by atoms with Crippen LogP contribution in [-0.4, -0.2) is 37.0 Å². The summed E-state index contributed by atoms with van der Waals surface area (Å²) in [6.45, 7) is 8.69. The molecule has 0 bridgehead atoms. The molecule has 108 valence electrons. The zero-order valence-corrected chi connectivity index (χ0v) is 12.3. The highest BCUT2D eigenvalue weighted by molar-refractivity contribution is 5.21. The first-order valence-electron chi connectivity index (χ1n) is 6.75. The van der Waals surface area contributed by atoms with Crippen molar-refractivity contribution >= 4 is 0 Å². The monoisotopic (exact) mass is 268 g/mol. The molecule has 0 amide bonds. The van der Waals surface area contributed by atoms with Gasteiger partial charge in [-0.05, 0) is 39.0 Å². The Morgan fingerprint density at radius 2 is 1.47 bits per heavy atom. The third kappa shape index (κ3) is 7.87. The Hall–Kier alpha value is -1.04. The van der Waals surface area contributed by atoms with Crippen molar-refractivity contribution < 1.29 is 19.3 Å². The minimum Gasteiger partial charge on any atom is -0.369 e. The number of hydrogen-bond acceptors (Lipinski definition) is 4. The summed E-state index contributed by atoms with van der Waals surface area (Å²) in [5.41, 5.74) is 0. The van der Waals surface area contributed by atoms with Gasteiger partial charge in [-0.1, -0.05) is 18.8 Å². The van der Waals surface area contributed by atoms with Crippen molar-refractivity contribution in [3.8, 4) is 23.7 Å². The molecule has 4 nitrogen and oxygen atoms in total. The fourth-order valence-corrected chi connectivity index (χ4v) is 1.29. The first-order valence-corrected chi connectivity index (χ1v) is 6.75. The second-order valence-corrected chi connectivity index (χ2v) is 3.60. The lowest BCUT2D eigenvalue weighted by atomic mass is 10.3. The summed E-state index contributed by atoms with van der Waals surface area (Å²) in [5, 5.41) is 9.63. The Morgan fingerprint density at radius 3 is 1.89 bits per heavy atom. The molecule has 1 atom stereocenters. The molecule has 0 aromatic heterocycles. The van der Waals surface area contributed by atoms with Gasteiger partial charge in [-0.25, -0.2) is 0 Å². The summed E-state index contributed by atoms with van der Waals surface area (Å²) >= 11 is 0. The van der Waals surface area contributed by atoms with Crippen LogP contribution in [0.3, 0.4) is 0 Å². The van der Waals surface area contributed by atoms with E-state index in [1.807, 2.05) is 27.7 Å². The maximum Gasteiger partial charge on any atom is 0.353 e. The lowest BCUT2D eigenvalue weighted by molar-refractivity contribution is -0.339. The van der Waals surface area contributed by atoms with Crippen LogP contribution in [0.4, 0.5) is 0 Å². The van der Waals surface area contributed by atoms with Gasteiger partial charge in [0.25, 0.3) is 0 Å². The molecule has 4 heteroatoms. The SMILES string of the molecule is CCCC#CC(O)C#CC(OCC)(OCC)OCC. The van der Waals surface area contributed by atoms with Crippen LogP contribution in [0.5, 0.6) is 0 Å². The van der Waals surface area contributed by atoms with Crippen LogP contribution >= 0.6 is 0 Å². The summed E-state index contributed by atoms with van der Waals surface area (Å²) in [6.07, 6.45) is 0.674. The molecule has 0 saturated carbocycles. The predicted octanol–water partition coefficient (Wildman–Crippen LogP) is 1.92. The van der Waals surface area contributed by atoms with E-state index >= 15 is 0 Å². The lowest BCUT2D eigenvalue weighted by Crippen LogP contribution is -2.38. The predicted molar refractivity (Wildman–Crippen MR) is 74.1 cm³/mol. The highest BCUT2D eigenvalue weighted by Crippen LogP contribution is 2.14. The molecule has 0 heterocycles. The number of aliphatic hydroxyl groups excluding tert-OH is 1. The Kier molecular flexibility index (Phi) is 10.2. The van der Waals surface area contributed by atoms with Gasteiger partial charge in [-0.15, -0.1) is 0 Å². The van der Waals surface area contributed by atoms with Crippen LogP contribution in [-0.2, 0) is 14.2 Å². The van der Waals surface area contributed by atoms with Crippen molar-refractivity contribution in [3.63, 3.8) is 0 Å². The third-order valence-corrected chi connectivity index (χ3v) is 1.98. The fourth-order valence-electron chi connectivity index (χ4n) is 1.29. The highest BCUT2D eigenvalue weighted by Gasteiger charge is 2.30. The molecular weight excluding hydrogens is 244 g/mol. The highest BCUT2D eigenvalue weighted by atomic mass is 16.9. The minimum atomic E-state index is -1.41. The van der Waals surface area contributed by atoms with E-state index in [9.17, 15) is 5.11 Å². The summed E-state index contributed by atoms with van der Waals surface area (Å²) in [7, 11) is 0. The van der Waals surface area contributed by atoms with Crippen molar-refractivity contribution in [2.75, 3.05) is 19.8 Å². The van der Waals surface area contributed by atoms with E-state index in [-0.39, 0.29) is 0 Å². The van der Waals surface area contributed by atoms with Crippen LogP contribution in [0.15, 0.2) is 0 Å². The van der Waals surface area contributed by atoms with E-state index in [4.69, 9.17) is 14.2 Å². The van der Waals surface area contributed by atoms with Crippen LogP contribution < -0.4 is 0 Å². The van der Waals surface area contributed by atoms with Crippen molar-refractivity contribution in [2.24, 2.45) is 0 Å². The van der Waals surface area contributed by atoms with E-state index in [0.29, 0.717) is 19.8 Å². The number of hydrogen-bond donors (Lipinski definition) is 1. The number of aliphatic hydroxyl groups is 1. The van der Waals surface area contributed by atoms with E-state index in [2.05, 4.69) is 23.7 Å². The molecule has 0 aliphatic carbocycles. The van der Waals surface area contributed by atoms with Gasteiger partial charge in [-0.3, -0.25) is 0 Å². The van der Waals surface area contributed by atoms with E-state index in [0.717, 1.165) is 12.8 Å². The second-order valence-electron chi connectivity index (χ2n) is 3.60. The van der Waals surface area contributed by atoms with E-state index < -0.39 is 12.1 Å². The molecule has 0 aliphatic rings. The van der Waals surface area contributed by atoms with Gasteiger partial charge in [0, 0.05) is 6.42 Å². The summed E-state index contributed by atoms with van der Waals surface area (Å²) < 4.78 is 16.2. The maximum absolute atomic E-state index is 9.63. The topological polar surface area (TPSA) is 47.9 Å². The fraction of sp³-hybridized carbons (Fsp3) is 0.733. The van der Waals surface area contributed by atoms with Crippen molar-refractivity contribution in [2.45, 2.75) is 52.6 Å². The zero-order valence-electron chi connectivity index (χ0n) is 12.3. The van der Waals surface area contributed by atoms with Crippen LogP contribution in [0.1, 0.15) is 40.5 Å². The molecule has 0 aliphatic heterocycles. The molecule has 0 saturated heterocycles. The molecule has 0 spiro atoms. The Bertz CT molecular complexity index is 326. The standard InChI is InChI=1S/C15H24O4/c1-5-9-10-11-14(16)12-13-15(17-6-2,18-7-3)19-8-4/h14,16H,5-9H2,1-4H3. The molecule has 19 heavy (non-hydrogen) atoms. The second kappa shape index (κ2) is 10.8. The first kappa shape index (κ1) is 18.0. The summed E-state index contributed by atoms with van der Waals surface area (Å²) in [4.78, 5) is 0. The van der Waals surface area contributed by atoms with Crippen LogP contribution in [0, 0.1) is 23.7 Å². The van der Waals surface area contributed by atoms with Gasteiger partial charge >= 0.3 is 5.97 Å². The van der Waals surface area contributed by atoms with Gasteiger partial charge in [0.2, 0.25) is 0 Å². The van der Waals surface area contributed by atoms with Gasteiger partial charge in [0.1, 0.15) is 0 Å². The zero-order chi connectivity index (χ0) is 14.6. The minimum absolute atomic E-state index is 0.395. The first-order chi connectivity index (χ1) is 9.14. The largest absolute Gasteiger partial charge is 0.369 e. The molecule has 0 radical (unpaired) electrons. The summed E-state index contributed by atoms with van der Waals surface area (Å²) in [5.74, 6) is 9.37. The van der Waals surface area contributed by atoms with E-state index in [1.54, 1.807) is 0 Å². The molecule has 0 rings (SSSR count). The number of rotatable bonds is 7. The quantitative estimate of drug-likeness (QED) is 0.566. The van der Waals surface area contributed by atoms with Gasteiger partial charge in [-0.2, -0.15) is 0 Å². The van der Waals surface area contributed by atoms with Gasteiger partial charge in [0.15, 0.2) is 6.10 Å². The number of ether oxygens (including phenoxy) is 3.